The number of hydrogen-bond donors (Lipinski definition) is 0. The van der Waals surface area contributed by atoms with Crippen molar-refractivity contribution < 1.29 is 0 Å². The molecule has 4 heteroatoms. The van der Waals surface area contributed by atoms with E-state index in [-0.39, 0.29) is 0 Å². The van der Waals surface area contributed by atoms with Crippen LogP contribution < -0.4 is 0 Å². The highest BCUT2D eigenvalue weighted by molar-refractivity contribution is 6.32. The Hall–Kier alpha value is -1.09. The lowest BCUT2D eigenvalue weighted by molar-refractivity contribution is 0.319. The van der Waals surface area contributed by atoms with Crippen LogP contribution in [-0.4, -0.2) is 16.9 Å². The highest BCUT2D eigenvalue weighted by Gasteiger charge is 2.06. The van der Waals surface area contributed by atoms with Gasteiger partial charge in [0.2, 0.25) is 0 Å². The summed E-state index contributed by atoms with van der Waals surface area (Å²) in [5.41, 5.74) is 2.26. The first-order chi connectivity index (χ1) is 8.65. The third-order valence-electron chi connectivity index (χ3n) is 2.63. The molecule has 2 nitrogen and oxygen atoms in total. The molecule has 0 fully saturated rings. The molecule has 0 saturated carbocycles. The maximum atomic E-state index is 6.05. The third-order valence-corrected chi connectivity index (χ3v) is 3.17. The molecule has 0 aliphatic heterocycles. The minimum Gasteiger partial charge on any atom is -0.298 e. The lowest BCUT2D eigenvalue weighted by atomic mass is 10.2. The van der Waals surface area contributed by atoms with Crippen LogP contribution in [0.25, 0.3) is 0 Å². The number of nitrogens with zero attached hydrogens (tertiary/aromatic N) is 2. The zero-order valence-electron chi connectivity index (χ0n) is 10.1. The fourth-order valence-corrected chi connectivity index (χ4v) is 2.21. The Morgan fingerprint density at radius 1 is 1.00 bits per heavy atom. The van der Waals surface area contributed by atoms with Crippen LogP contribution in [0.2, 0.25) is 10.3 Å². The average Bonchev–Trinajstić information content (AvgIpc) is 2.34. The maximum absolute atomic E-state index is 6.05. The highest BCUT2D eigenvalue weighted by atomic mass is 35.5. The van der Waals surface area contributed by atoms with Gasteiger partial charge in [0.05, 0.1) is 0 Å². The van der Waals surface area contributed by atoms with Crippen LogP contribution in [0, 0.1) is 0 Å². The lowest BCUT2D eigenvalue weighted by Gasteiger charge is -2.17. The van der Waals surface area contributed by atoms with Gasteiger partial charge in [-0.3, -0.25) is 4.90 Å². The molecule has 0 spiro atoms. The van der Waals surface area contributed by atoms with Crippen LogP contribution in [0.1, 0.15) is 11.1 Å². The lowest BCUT2D eigenvalue weighted by Crippen LogP contribution is -2.17. The smallest absolute Gasteiger partial charge is 0.135 e. The van der Waals surface area contributed by atoms with Gasteiger partial charge in [0.15, 0.2) is 0 Å². The van der Waals surface area contributed by atoms with Crippen molar-refractivity contribution in [3.05, 3.63) is 63.9 Å². The van der Waals surface area contributed by atoms with E-state index in [1.54, 1.807) is 6.07 Å². The van der Waals surface area contributed by atoms with Crippen LogP contribution in [0.4, 0.5) is 0 Å². The van der Waals surface area contributed by atoms with Crippen molar-refractivity contribution in [1.29, 1.82) is 0 Å². The van der Waals surface area contributed by atoms with Gasteiger partial charge in [-0.05, 0) is 18.7 Å². The standard InChI is InChI=1S/C14H14Cl2N2/c1-18(9-11-5-3-2-4-6-11)10-12-7-8-13(15)17-14(12)16/h2-8H,9-10H2,1H3. The van der Waals surface area contributed by atoms with Gasteiger partial charge < -0.3 is 0 Å². The molecule has 1 aromatic heterocycles. The number of rotatable bonds is 4. The fourth-order valence-electron chi connectivity index (χ4n) is 1.80. The number of benzene rings is 1. The molecular formula is C14H14Cl2N2. The molecule has 0 N–H and O–H groups in total. The molecule has 0 aliphatic carbocycles. The van der Waals surface area contributed by atoms with Crippen molar-refractivity contribution in [2.45, 2.75) is 13.1 Å². The van der Waals surface area contributed by atoms with Crippen molar-refractivity contribution in [3.8, 4) is 0 Å². The molecule has 2 aromatic rings. The summed E-state index contributed by atoms with van der Waals surface area (Å²) >= 11 is 11.8. The Kier molecular flexibility index (Phi) is 4.59. The van der Waals surface area contributed by atoms with Crippen molar-refractivity contribution in [2.75, 3.05) is 7.05 Å². The summed E-state index contributed by atoms with van der Waals surface area (Å²) < 4.78 is 0. The molecule has 94 valence electrons. The number of halogens is 2. The molecular weight excluding hydrogens is 267 g/mol. The minimum atomic E-state index is 0.425. The van der Waals surface area contributed by atoms with Crippen molar-refractivity contribution in [3.63, 3.8) is 0 Å². The van der Waals surface area contributed by atoms with Crippen molar-refractivity contribution in [1.82, 2.24) is 9.88 Å². The largest absolute Gasteiger partial charge is 0.298 e. The number of hydrogen-bond acceptors (Lipinski definition) is 2. The number of aromatic nitrogens is 1. The molecule has 0 bridgehead atoms. The summed E-state index contributed by atoms with van der Waals surface area (Å²) in [4.78, 5) is 6.22. The molecule has 18 heavy (non-hydrogen) atoms. The van der Waals surface area contributed by atoms with Crippen molar-refractivity contribution in [2.24, 2.45) is 0 Å². The van der Waals surface area contributed by atoms with E-state index >= 15 is 0 Å². The van der Waals surface area contributed by atoms with E-state index in [9.17, 15) is 0 Å². The van der Waals surface area contributed by atoms with Crippen LogP contribution in [-0.2, 0) is 13.1 Å². The maximum Gasteiger partial charge on any atom is 0.135 e. The van der Waals surface area contributed by atoms with E-state index in [0.29, 0.717) is 10.3 Å². The van der Waals surface area contributed by atoms with Crippen LogP contribution in [0.15, 0.2) is 42.5 Å². The summed E-state index contributed by atoms with van der Waals surface area (Å²) in [6.45, 7) is 1.62. The molecule has 1 heterocycles. The van der Waals surface area contributed by atoms with Gasteiger partial charge in [-0.2, -0.15) is 0 Å². The van der Waals surface area contributed by atoms with E-state index < -0.39 is 0 Å². The van der Waals surface area contributed by atoms with Gasteiger partial charge in [0.25, 0.3) is 0 Å². The molecule has 0 atom stereocenters. The Labute approximate surface area is 117 Å². The van der Waals surface area contributed by atoms with Gasteiger partial charge in [-0.25, -0.2) is 4.98 Å². The number of pyridine rings is 1. The molecule has 0 saturated heterocycles. The molecule has 0 radical (unpaired) electrons. The van der Waals surface area contributed by atoms with Crippen LogP contribution in [0.5, 0.6) is 0 Å². The van der Waals surface area contributed by atoms with Crippen LogP contribution >= 0.6 is 23.2 Å². The second-order valence-corrected chi connectivity index (χ2v) is 4.99. The zero-order chi connectivity index (χ0) is 13.0. The summed E-state index contributed by atoms with van der Waals surface area (Å²) in [6, 6.07) is 14.0. The first kappa shape index (κ1) is 13.3. The molecule has 0 unspecified atom stereocenters. The van der Waals surface area contributed by atoms with E-state index in [2.05, 4.69) is 29.1 Å². The van der Waals surface area contributed by atoms with Gasteiger partial charge in [-0.1, -0.05) is 59.6 Å². The normalized spacial score (nSPS) is 10.9. The average molecular weight is 281 g/mol. The molecule has 2 rings (SSSR count). The van der Waals surface area contributed by atoms with Gasteiger partial charge in [0.1, 0.15) is 10.3 Å². The quantitative estimate of drug-likeness (QED) is 0.787. The first-order valence-electron chi connectivity index (χ1n) is 5.68. The third kappa shape index (κ3) is 3.70. The monoisotopic (exact) mass is 280 g/mol. The SMILES string of the molecule is CN(Cc1ccccc1)Cc1ccc(Cl)nc1Cl. The minimum absolute atomic E-state index is 0.425. The van der Waals surface area contributed by atoms with E-state index in [0.717, 1.165) is 18.7 Å². The predicted octanol–water partition coefficient (Wildman–Crippen LogP) is 4.02. The Bertz CT molecular complexity index is 514. The summed E-state index contributed by atoms with van der Waals surface area (Å²) in [5, 5.41) is 0.900. The Morgan fingerprint density at radius 2 is 1.72 bits per heavy atom. The van der Waals surface area contributed by atoms with Crippen molar-refractivity contribution >= 4 is 23.2 Å². The van der Waals surface area contributed by atoms with Gasteiger partial charge in [-0.15, -0.1) is 0 Å². The predicted molar refractivity (Wildman–Crippen MR) is 75.9 cm³/mol. The van der Waals surface area contributed by atoms with E-state index in [4.69, 9.17) is 23.2 Å². The summed E-state index contributed by atoms with van der Waals surface area (Å²) in [7, 11) is 2.05. The Morgan fingerprint density at radius 3 is 2.39 bits per heavy atom. The zero-order valence-corrected chi connectivity index (χ0v) is 11.6. The second-order valence-electron chi connectivity index (χ2n) is 4.24. The molecule has 1 aromatic carbocycles. The Balaban J connectivity index is 2.01. The van der Waals surface area contributed by atoms with E-state index in [1.807, 2.05) is 24.3 Å². The van der Waals surface area contributed by atoms with Gasteiger partial charge >= 0.3 is 0 Å². The fraction of sp³-hybridized carbons (Fsp3) is 0.214. The van der Waals surface area contributed by atoms with Gasteiger partial charge in [0, 0.05) is 18.7 Å². The summed E-state index contributed by atoms with van der Waals surface area (Å²) in [6.07, 6.45) is 0. The molecule has 0 amide bonds. The summed E-state index contributed by atoms with van der Waals surface area (Å²) in [5.74, 6) is 0. The first-order valence-corrected chi connectivity index (χ1v) is 6.44. The topological polar surface area (TPSA) is 16.1 Å². The van der Waals surface area contributed by atoms with E-state index in [1.165, 1.54) is 5.56 Å². The highest BCUT2D eigenvalue weighted by Crippen LogP contribution is 2.18. The van der Waals surface area contributed by atoms with Crippen LogP contribution in [0.3, 0.4) is 0 Å². The molecule has 0 aliphatic rings. The second kappa shape index (κ2) is 6.19.